The number of benzene rings is 2. The van der Waals surface area contributed by atoms with E-state index in [4.69, 9.17) is 14.2 Å². The van der Waals surface area contributed by atoms with Gasteiger partial charge in [-0.15, -0.1) is 0 Å². The lowest BCUT2D eigenvalue weighted by Crippen LogP contribution is -2.47. The first-order chi connectivity index (χ1) is 20.4. The fourth-order valence-electron chi connectivity index (χ4n) is 5.57. The first-order valence-corrected chi connectivity index (χ1v) is 15.3. The van der Waals surface area contributed by atoms with Crippen molar-refractivity contribution in [1.29, 1.82) is 0 Å². The first kappa shape index (κ1) is 31.6. The third kappa shape index (κ3) is 8.85. The quantitative estimate of drug-likeness (QED) is 0.289. The molecule has 1 aliphatic heterocycles. The van der Waals surface area contributed by atoms with Crippen molar-refractivity contribution in [3.05, 3.63) is 59.7 Å². The molecule has 3 amide bonds. The highest BCUT2D eigenvalue weighted by atomic mass is 16.5. The molecule has 2 aromatic carbocycles. The van der Waals surface area contributed by atoms with Crippen LogP contribution in [-0.4, -0.2) is 94.0 Å². The van der Waals surface area contributed by atoms with Crippen LogP contribution in [-0.2, 0) is 11.2 Å². The molecule has 9 heteroatoms. The molecular weight excluding hydrogens is 532 g/mol. The summed E-state index contributed by atoms with van der Waals surface area (Å²) < 4.78 is 16.5. The first-order valence-electron chi connectivity index (χ1n) is 15.3. The Morgan fingerprint density at radius 3 is 2.38 bits per heavy atom. The number of methoxy groups -OCH3 is 2. The molecular formula is C33H48N4O5. The Morgan fingerprint density at radius 2 is 1.71 bits per heavy atom. The number of nitrogens with zero attached hydrogens (tertiary/aromatic N) is 2. The number of hydrogen-bond donors (Lipinski definition) is 2. The number of ether oxygens (including phenoxy) is 3. The maximum atomic E-state index is 13.8. The number of nitrogens with one attached hydrogen (secondary N) is 2. The van der Waals surface area contributed by atoms with E-state index in [0.29, 0.717) is 56.0 Å². The van der Waals surface area contributed by atoms with Crippen LogP contribution in [0.2, 0.25) is 0 Å². The number of amides is 3. The molecule has 0 aromatic heterocycles. The fourth-order valence-corrected chi connectivity index (χ4v) is 5.57. The van der Waals surface area contributed by atoms with Crippen molar-refractivity contribution in [1.82, 2.24) is 20.4 Å². The normalized spacial score (nSPS) is 18.1. The summed E-state index contributed by atoms with van der Waals surface area (Å²) in [6.07, 6.45) is 3.67. The molecule has 1 heterocycles. The Kier molecular flexibility index (Phi) is 11.9. The van der Waals surface area contributed by atoms with E-state index in [2.05, 4.69) is 36.6 Å². The van der Waals surface area contributed by atoms with Gasteiger partial charge in [0.25, 0.3) is 5.91 Å². The van der Waals surface area contributed by atoms with Crippen LogP contribution in [0.3, 0.4) is 0 Å². The summed E-state index contributed by atoms with van der Waals surface area (Å²) in [6, 6.07) is 16.0. The molecule has 0 radical (unpaired) electrons. The van der Waals surface area contributed by atoms with Gasteiger partial charge in [0.1, 0.15) is 0 Å². The van der Waals surface area contributed by atoms with E-state index in [1.807, 2.05) is 28.0 Å². The van der Waals surface area contributed by atoms with Crippen LogP contribution in [0.5, 0.6) is 11.5 Å². The Balaban J connectivity index is 1.38. The molecule has 1 aliphatic carbocycles. The van der Waals surface area contributed by atoms with Crippen LogP contribution in [0.25, 0.3) is 0 Å². The fraction of sp³-hybridized carbons (Fsp3) is 0.576. The van der Waals surface area contributed by atoms with Crippen molar-refractivity contribution in [3.8, 4) is 11.5 Å². The number of carbonyl (C=O) groups is 2. The summed E-state index contributed by atoms with van der Waals surface area (Å²) in [5, 5.41) is 6.68. The van der Waals surface area contributed by atoms with Crippen molar-refractivity contribution >= 4 is 11.9 Å². The molecule has 230 valence electrons. The Morgan fingerprint density at radius 1 is 0.976 bits per heavy atom. The summed E-state index contributed by atoms with van der Waals surface area (Å²) in [5.41, 5.74) is 1.79. The summed E-state index contributed by atoms with van der Waals surface area (Å²) in [6.45, 7) is 8.79. The average Bonchev–Trinajstić information content (AvgIpc) is 3.75. The number of rotatable bonds is 16. The number of carbonyl (C=O) groups excluding carboxylic acids is 2. The lowest BCUT2D eigenvalue weighted by molar-refractivity contribution is 0.0652. The topological polar surface area (TPSA) is 92.4 Å². The molecule has 2 N–H and O–H groups in total. The van der Waals surface area contributed by atoms with Gasteiger partial charge in [0.05, 0.1) is 13.7 Å². The van der Waals surface area contributed by atoms with Gasteiger partial charge in [-0.25, -0.2) is 4.79 Å². The second kappa shape index (κ2) is 15.8. The lowest BCUT2D eigenvalue weighted by Gasteiger charge is -2.33. The van der Waals surface area contributed by atoms with Gasteiger partial charge in [0.15, 0.2) is 11.5 Å². The molecule has 1 saturated carbocycles. The van der Waals surface area contributed by atoms with Gasteiger partial charge in [-0.05, 0) is 68.7 Å². The summed E-state index contributed by atoms with van der Waals surface area (Å²) in [4.78, 5) is 31.0. The van der Waals surface area contributed by atoms with E-state index in [-0.39, 0.29) is 29.8 Å². The molecule has 42 heavy (non-hydrogen) atoms. The van der Waals surface area contributed by atoms with Crippen LogP contribution >= 0.6 is 0 Å². The van der Waals surface area contributed by atoms with Crippen LogP contribution in [0.4, 0.5) is 4.79 Å². The minimum atomic E-state index is -0.0299. The van der Waals surface area contributed by atoms with Gasteiger partial charge < -0.3 is 34.6 Å². The molecule has 2 fully saturated rings. The van der Waals surface area contributed by atoms with Gasteiger partial charge in [0, 0.05) is 70.5 Å². The van der Waals surface area contributed by atoms with E-state index in [9.17, 15) is 9.59 Å². The highest BCUT2D eigenvalue weighted by Crippen LogP contribution is 2.32. The minimum absolute atomic E-state index is 0.0205. The monoisotopic (exact) mass is 580 g/mol. The highest BCUT2D eigenvalue weighted by molar-refractivity contribution is 5.95. The van der Waals surface area contributed by atoms with Crippen LogP contribution in [0.15, 0.2) is 48.5 Å². The predicted molar refractivity (Wildman–Crippen MR) is 164 cm³/mol. The van der Waals surface area contributed by atoms with Crippen molar-refractivity contribution in [2.45, 2.75) is 51.6 Å². The maximum absolute atomic E-state index is 13.8. The zero-order chi connectivity index (χ0) is 29.9. The summed E-state index contributed by atoms with van der Waals surface area (Å²) in [7, 11) is 3.26. The van der Waals surface area contributed by atoms with Gasteiger partial charge in [-0.2, -0.15) is 0 Å². The van der Waals surface area contributed by atoms with E-state index < -0.39 is 0 Å². The molecule has 2 aromatic rings. The van der Waals surface area contributed by atoms with Gasteiger partial charge in [-0.3, -0.25) is 4.79 Å². The smallest absolute Gasteiger partial charge is 0.317 e. The Bertz CT molecular complexity index is 1140. The average molecular weight is 581 g/mol. The second-order valence-electron chi connectivity index (χ2n) is 11.6. The van der Waals surface area contributed by atoms with Crippen LogP contribution < -0.4 is 20.1 Å². The standard InChI is InChI=1S/C33H48N4O5/c1-24(2)36(32(38)26-11-14-30(41-4)31(19-26)42-18-8-17-40-3)22-27-20-34-21-28(27)23-37(29-12-13-29)33(39)35-16-15-25-9-6-5-7-10-25/h5-7,9-11,14,19,24,27-29,34H,8,12-13,15-18,20-23H2,1-4H3,(H,35,39)/t27-,28-/m0/s1. The largest absolute Gasteiger partial charge is 0.493 e. The molecule has 9 nitrogen and oxygen atoms in total. The summed E-state index contributed by atoms with van der Waals surface area (Å²) in [5.74, 6) is 1.65. The molecule has 1 saturated heterocycles. The van der Waals surface area contributed by atoms with Crippen LogP contribution in [0.1, 0.15) is 49.0 Å². The van der Waals surface area contributed by atoms with E-state index in [0.717, 1.165) is 38.8 Å². The molecule has 2 aliphatic rings. The van der Waals surface area contributed by atoms with Crippen molar-refractivity contribution < 1.29 is 23.8 Å². The molecule has 2 atom stereocenters. The van der Waals surface area contributed by atoms with Crippen molar-refractivity contribution in [3.63, 3.8) is 0 Å². The predicted octanol–water partition coefficient (Wildman–Crippen LogP) is 4.21. The third-order valence-corrected chi connectivity index (χ3v) is 8.17. The van der Waals surface area contributed by atoms with Gasteiger partial charge >= 0.3 is 6.03 Å². The minimum Gasteiger partial charge on any atom is -0.493 e. The van der Waals surface area contributed by atoms with Gasteiger partial charge in [0.2, 0.25) is 0 Å². The molecule has 4 rings (SSSR count). The summed E-state index contributed by atoms with van der Waals surface area (Å²) >= 11 is 0. The number of hydrogen-bond acceptors (Lipinski definition) is 6. The molecule has 0 bridgehead atoms. The SMILES string of the molecule is COCCCOc1cc(C(=O)N(C[C@@H]2CNC[C@H]2CN(C(=O)NCCc2ccccc2)C2CC2)C(C)C)ccc1OC. The zero-order valence-corrected chi connectivity index (χ0v) is 25.6. The molecule has 0 spiro atoms. The Labute approximate surface area is 250 Å². The molecule has 0 unspecified atom stereocenters. The van der Waals surface area contributed by atoms with Crippen molar-refractivity contribution in [2.24, 2.45) is 11.8 Å². The van der Waals surface area contributed by atoms with Crippen LogP contribution in [0, 0.1) is 11.8 Å². The second-order valence-corrected chi connectivity index (χ2v) is 11.6. The van der Waals surface area contributed by atoms with E-state index in [1.54, 1.807) is 32.4 Å². The van der Waals surface area contributed by atoms with Crippen molar-refractivity contribution in [2.75, 3.05) is 60.2 Å². The van der Waals surface area contributed by atoms with E-state index in [1.165, 1.54) is 5.56 Å². The van der Waals surface area contributed by atoms with Gasteiger partial charge in [-0.1, -0.05) is 30.3 Å². The van der Waals surface area contributed by atoms with E-state index >= 15 is 0 Å². The highest BCUT2D eigenvalue weighted by Gasteiger charge is 2.38. The Hall–Kier alpha value is -3.30. The maximum Gasteiger partial charge on any atom is 0.317 e. The zero-order valence-electron chi connectivity index (χ0n) is 25.6. The third-order valence-electron chi connectivity index (χ3n) is 8.17. The number of urea groups is 1. The lowest BCUT2D eigenvalue weighted by atomic mass is 9.94.